The molecule has 0 spiro atoms. The Morgan fingerprint density at radius 1 is 0.917 bits per heavy atom. The minimum Gasteiger partial charge on any atom is -0.493 e. The van der Waals surface area contributed by atoms with Crippen LogP contribution in [0.5, 0.6) is 17.2 Å². The van der Waals surface area contributed by atoms with E-state index in [1.165, 1.54) is 0 Å². The molecule has 1 aromatic heterocycles. The number of hydrogen-bond acceptors (Lipinski definition) is 8. The zero-order chi connectivity index (χ0) is 17.5. The maximum atomic E-state index is 5.71. The van der Waals surface area contributed by atoms with Crippen molar-refractivity contribution in [1.82, 2.24) is 9.97 Å². The van der Waals surface area contributed by atoms with Gasteiger partial charge in [-0.15, -0.1) is 0 Å². The zero-order valence-corrected chi connectivity index (χ0v) is 14.0. The molecular weight excluding hydrogens is 312 g/mol. The van der Waals surface area contributed by atoms with E-state index in [4.69, 9.17) is 30.4 Å². The van der Waals surface area contributed by atoms with Crippen molar-refractivity contribution in [1.29, 1.82) is 0 Å². The molecule has 2 aromatic rings. The first kappa shape index (κ1) is 17.6. The van der Waals surface area contributed by atoms with Gasteiger partial charge in [0, 0.05) is 19.6 Å². The van der Waals surface area contributed by atoms with Gasteiger partial charge in [-0.3, -0.25) is 0 Å². The maximum absolute atomic E-state index is 5.71. The molecule has 1 aromatic carbocycles. The van der Waals surface area contributed by atoms with Gasteiger partial charge >= 0.3 is 0 Å². The van der Waals surface area contributed by atoms with Crippen molar-refractivity contribution < 1.29 is 18.9 Å². The molecule has 0 saturated heterocycles. The predicted molar refractivity (Wildman–Crippen MR) is 90.6 cm³/mol. The number of nitrogens with two attached hydrogens (primary N) is 2. The third-order valence-electron chi connectivity index (χ3n) is 3.26. The molecule has 0 amide bonds. The van der Waals surface area contributed by atoms with Crippen molar-refractivity contribution >= 4 is 11.8 Å². The minimum atomic E-state index is 0.142. The summed E-state index contributed by atoms with van der Waals surface area (Å²) in [6.07, 6.45) is 0.502. The van der Waals surface area contributed by atoms with E-state index in [1.54, 1.807) is 27.4 Å². The fourth-order valence-corrected chi connectivity index (χ4v) is 2.24. The molecule has 0 saturated carbocycles. The second-order valence-corrected chi connectivity index (χ2v) is 4.99. The Labute approximate surface area is 140 Å². The second kappa shape index (κ2) is 8.21. The fraction of sp³-hybridized carbons (Fsp3) is 0.375. The Morgan fingerprint density at radius 3 is 2.12 bits per heavy atom. The SMILES string of the molecule is COCCOc1c(OC)cc(Cc2cc(N)nc(N)n2)cc1OC. The van der Waals surface area contributed by atoms with Gasteiger partial charge in [0.15, 0.2) is 11.5 Å². The van der Waals surface area contributed by atoms with Crippen LogP contribution in [0.2, 0.25) is 0 Å². The average Bonchev–Trinajstić information content (AvgIpc) is 2.54. The van der Waals surface area contributed by atoms with Crippen molar-refractivity contribution in [3.05, 3.63) is 29.5 Å². The number of aromatic nitrogens is 2. The third-order valence-corrected chi connectivity index (χ3v) is 3.26. The van der Waals surface area contributed by atoms with Crippen LogP contribution in [-0.4, -0.2) is 44.5 Å². The summed E-state index contributed by atoms with van der Waals surface area (Å²) in [7, 11) is 4.75. The van der Waals surface area contributed by atoms with E-state index in [2.05, 4.69) is 9.97 Å². The number of nitrogen functional groups attached to an aromatic ring is 2. The predicted octanol–water partition coefficient (Wildman–Crippen LogP) is 1.27. The lowest BCUT2D eigenvalue weighted by atomic mass is 10.1. The van der Waals surface area contributed by atoms with Crippen molar-refractivity contribution in [3.8, 4) is 17.2 Å². The molecule has 0 atom stereocenters. The van der Waals surface area contributed by atoms with Gasteiger partial charge in [-0.05, 0) is 17.7 Å². The molecular formula is C16H22N4O4. The molecule has 24 heavy (non-hydrogen) atoms. The van der Waals surface area contributed by atoms with Crippen LogP contribution in [0.25, 0.3) is 0 Å². The number of methoxy groups -OCH3 is 3. The molecule has 130 valence electrons. The van der Waals surface area contributed by atoms with Gasteiger partial charge in [0.05, 0.1) is 26.5 Å². The van der Waals surface area contributed by atoms with Gasteiger partial charge in [0.2, 0.25) is 11.7 Å². The topological polar surface area (TPSA) is 115 Å². The Morgan fingerprint density at radius 2 is 1.58 bits per heavy atom. The number of nitrogens with zero attached hydrogens (tertiary/aromatic N) is 2. The standard InChI is InChI=1S/C16H22N4O4/c1-21-4-5-24-15-12(22-2)7-10(8-13(15)23-3)6-11-9-14(17)20-16(18)19-11/h7-9H,4-6H2,1-3H3,(H4,17,18,19,20). The number of ether oxygens (including phenoxy) is 4. The fourth-order valence-electron chi connectivity index (χ4n) is 2.24. The van der Waals surface area contributed by atoms with Crippen molar-refractivity contribution in [2.75, 3.05) is 46.0 Å². The normalized spacial score (nSPS) is 10.5. The monoisotopic (exact) mass is 334 g/mol. The first-order valence-electron chi connectivity index (χ1n) is 7.33. The Kier molecular flexibility index (Phi) is 6.02. The van der Waals surface area contributed by atoms with Gasteiger partial charge in [0.25, 0.3) is 0 Å². The summed E-state index contributed by atoms with van der Waals surface area (Å²) in [5.41, 5.74) is 13.0. The molecule has 8 nitrogen and oxygen atoms in total. The highest BCUT2D eigenvalue weighted by atomic mass is 16.6. The second-order valence-electron chi connectivity index (χ2n) is 4.99. The summed E-state index contributed by atoms with van der Waals surface area (Å²) < 4.78 is 21.5. The zero-order valence-electron chi connectivity index (χ0n) is 14.0. The molecule has 0 bridgehead atoms. The molecule has 1 heterocycles. The minimum absolute atomic E-state index is 0.142. The van der Waals surface area contributed by atoms with Crippen LogP contribution < -0.4 is 25.7 Å². The quantitative estimate of drug-likeness (QED) is 0.694. The third kappa shape index (κ3) is 4.39. The van der Waals surface area contributed by atoms with Gasteiger partial charge < -0.3 is 30.4 Å². The Hall–Kier alpha value is -2.74. The summed E-state index contributed by atoms with van der Waals surface area (Å²) in [6.45, 7) is 0.856. The highest BCUT2D eigenvalue weighted by Crippen LogP contribution is 2.39. The maximum Gasteiger partial charge on any atom is 0.222 e. The Bertz CT molecular complexity index is 649. The van der Waals surface area contributed by atoms with E-state index in [0.717, 1.165) is 5.56 Å². The van der Waals surface area contributed by atoms with E-state index in [9.17, 15) is 0 Å². The lowest BCUT2D eigenvalue weighted by Gasteiger charge is -2.16. The van der Waals surface area contributed by atoms with Crippen molar-refractivity contribution in [2.45, 2.75) is 6.42 Å². The molecule has 0 fully saturated rings. The highest BCUT2D eigenvalue weighted by molar-refractivity contribution is 5.54. The van der Waals surface area contributed by atoms with Crippen LogP contribution in [0, 0.1) is 0 Å². The summed E-state index contributed by atoms with van der Waals surface area (Å²) in [5, 5.41) is 0. The lowest BCUT2D eigenvalue weighted by Crippen LogP contribution is -2.07. The highest BCUT2D eigenvalue weighted by Gasteiger charge is 2.15. The van der Waals surface area contributed by atoms with Gasteiger partial charge in [-0.25, -0.2) is 4.98 Å². The van der Waals surface area contributed by atoms with Crippen LogP contribution in [0.3, 0.4) is 0 Å². The van der Waals surface area contributed by atoms with Crippen molar-refractivity contribution in [3.63, 3.8) is 0 Å². The van der Waals surface area contributed by atoms with Crippen molar-refractivity contribution in [2.24, 2.45) is 0 Å². The molecule has 0 aliphatic heterocycles. The van der Waals surface area contributed by atoms with Gasteiger partial charge in [-0.1, -0.05) is 0 Å². The molecule has 8 heteroatoms. The summed E-state index contributed by atoms with van der Waals surface area (Å²) in [5.74, 6) is 2.13. The smallest absolute Gasteiger partial charge is 0.222 e. The van der Waals surface area contributed by atoms with Crippen LogP contribution >= 0.6 is 0 Å². The molecule has 0 unspecified atom stereocenters. The van der Waals surface area contributed by atoms with Gasteiger partial charge in [-0.2, -0.15) is 4.98 Å². The molecule has 2 rings (SSSR count). The van der Waals surface area contributed by atoms with E-state index < -0.39 is 0 Å². The summed E-state index contributed by atoms with van der Waals surface area (Å²) in [4.78, 5) is 8.04. The molecule has 0 radical (unpaired) electrons. The molecule has 0 aliphatic rings. The van der Waals surface area contributed by atoms with E-state index >= 15 is 0 Å². The number of benzene rings is 1. The van der Waals surface area contributed by atoms with Crippen LogP contribution in [0.15, 0.2) is 18.2 Å². The largest absolute Gasteiger partial charge is 0.493 e. The average molecular weight is 334 g/mol. The number of rotatable bonds is 8. The summed E-state index contributed by atoms with van der Waals surface area (Å²) in [6, 6.07) is 5.40. The Balaban J connectivity index is 2.30. The number of hydrogen-bond donors (Lipinski definition) is 2. The van der Waals surface area contributed by atoms with Crippen LogP contribution in [0.1, 0.15) is 11.3 Å². The number of anilines is 2. The van der Waals surface area contributed by atoms with Crippen LogP contribution in [0.4, 0.5) is 11.8 Å². The van der Waals surface area contributed by atoms with E-state index in [0.29, 0.717) is 48.4 Å². The summed E-state index contributed by atoms with van der Waals surface area (Å²) >= 11 is 0. The molecule has 0 aliphatic carbocycles. The van der Waals surface area contributed by atoms with Crippen LogP contribution in [-0.2, 0) is 11.2 Å². The van der Waals surface area contributed by atoms with E-state index in [1.807, 2.05) is 12.1 Å². The van der Waals surface area contributed by atoms with Gasteiger partial charge in [0.1, 0.15) is 12.4 Å². The first-order chi connectivity index (χ1) is 11.6. The molecule has 4 N–H and O–H groups in total. The first-order valence-corrected chi connectivity index (χ1v) is 7.33. The van der Waals surface area contributed by atoms with E-state index in [-0.39, 0.29) is 5.95 Å². The lowest BCUT2D eigenvalue weighted by molar-refractivity contribution is 0.142.